The minimum atomic E-state index is -0.0230. The number of benzene rings is 2. The molecule has 0 bridgehead atoms. The van der Waals surface area contributed by atoms with Crippen LogP contribution in [0.15, 0.2) is 66.9 Å². The van der Waals surface area contributed by atoms with Crippen LogP contribution in [0.4, 0.5) is 10.5 Å². The monoisotopic (exact) mass is 346 g/mol. The van der Waals surface area contributed by atoms with E-state index in [0.717, 1.165) is 43.9 Å². The number of aromatic nitrogens is 1. The smallest absolute Gasteiger partial charge is 0.321 e. The third kappa shape index (κ3) is 3.68. The maximum Gasteiger partial charge on any atom is 0.321 e. The Morgan fingerprint density at radius 2 is 1.65 bits per heavy atom. The Kier molecular flexibility index (Phi) is 4.80. The number of urea groups is 1. The lowest BCUT2D eigenvalue weighted by molar-refractivity contribution is 0.143. The van der Waals surface area contributed by atoms with E-state index in [1.54, 1.807) is 0 Å². The van der Waals surface area contributed by atoms with Crippen LogP contribution >= 0.6 is 0 Å². The van der Waals surface area contributed by atoms with Gasteiger partial charge in [0.1, 0.15) is 0 Å². The number of para-hydroxylation sites is 2. The van der Waals surface area contributed by atoms with Crippen LogP contribution in [0.1, 0.15) is 5.56 Å². The summed E-state index contributed by atoms with van der Waals surface area (Å²) in [5.74, 6) is 0. The molecule has 2 heterocycles. The first-order chi connectivity index (χ1) is 12.8. The van der Waals surface area contributed by atoms with E-state index in [-0.39, 0.29) is 6.03 Å². The van der Waals surface area contributed by atoms with Crippen molar-refractivity contribution in [2.45, 2.75) is 6.54 Å². The van der Waals surface area contributed by atoms with Crippen LogP contribution in [0.2, 0.25) is 0 Å². The highest BCUT2D eigenvalue weighted by Gasteiger charge is 2.21. The average molecular weight is 346 g/mol. The van der Waals surface area contributed by atoms with Gasteiger partial charge in [-0.15, -0.1) is 0 Å². The normalized spacial score (nSPS) is 15.2. The molecular weight excluding hydrogens is 324 g/mol. The number of amides is 2. The van der Waals surface area contributed by atoms with E-state index in [0.29, 0.717) is 0 Å². The third-order valence-corrected chi connectivity index (χ3v) is 4.82. The molecule has 132 valence electrons. The van der Waals surface area contributed by atoms with Crippen LogP contribution in [0.25, 0.3) is 10.9 Å². The Morgan fingerprint density at radius 1 is 0.923 bits per heavy atom. The molecule has 0 radical (unpaired) electrons. The first-order valence-electron chi connectivity index (χ1n) is 8.95. The van der Waals surface area contributed by atoms with Gasteiger partial charge in [0.25, 0.3) is 0 Å². The van der Waals surface area contributed by atoms with Crippen molar-refractivity contribution in [3.63, 3.8) is 0 Å². The molecule has 5 nitrogen and oxygen atoms in total. The topological polar surface area (TPSA) is 48.5 Å². The van der Waals surface area contributed by atoms with Crippen LogP contribution in [0.5, 0.6) is 0 Å². The molecule has 0 unspecified atom stereocenters. The summed E-state index contributed by atoms with van der Waals surface area (Å²) in [6.07, 6.45) is 1.88. The number of fused-ring (bicyclic) bond motifs is 1. The first kappa shape index (κ1) is 16.5. The van der Waals surface area contributed by atoms with Crippen molar-refractivity contribution in [3.05, 3.63) is 72.4 Å². The van der Waals surface area contributed by atoms with Crippen LogP contribution in [-0.2, 0) is 6.54 Å². The molecule has 1 aliphatic heterocycles. The van der Waals surface area contributed by atoms with Crippen molar-refractivity contribution in [1.29, 1.82) is 0 Å². The summed E-state index contributed by atoms with van der Waals surface area (Å²) in [6, 6.07) is 19.9. The van der Waals surface area contributed by atoms with E-state index in [2.05, 4.69) is 33.4 Å². The Bertz CT molecular complexity index is 883. The molecule has 0 saturated carbocycles. The zero-order chi connectivity index (χ0) is 17.8. The zero-order valence-electron chi connectivity index (χ0n) is 14.6. The Hall–Kier alpha value is -2.92. The SMILES string of the molecule is O=C(Nc1ccccc1)N1CCN(Cc2ccnc3ccccc23)CC1. The molecule has 0 spiro atoms. The van der Waals surface area contributed by atoms with Crippen molar-refractivity contribution in [2.24, 2.45) is 0 Å². The number of anilines is 1. The number of hydrogen-bond donors (Lipinski definition) is 1. The Morgan fingerprint density at radius 3 is 2.46 bits per heavy atom. The van der Waals surface area contributed by atoms with Crippen LogP contribution in [0.3, 0.4) is 0 Å². The molecule has 2 aromatic carbocycles. The predicted molar refractivity (Wildman–Crippen MR) is 104 cm³/mol. The maximum absolute atomic E-state index is 12.4. The number of pyridine rings is 1. The van der Waals surface area contributed by atoms with Crippen molar-refractivity contribution < 1.29 is 4.79 Å². The molecule has 3 aromatic rings. The molecule has 1 fully saturated rings. The van der Waals surface area contributed by atoms with E-state index in [1.807, 2.05) is 53.6 Å². The van der Waals surface area contributed by atoms with Gasteiger partial charge < -0.3 is 10.2 Å². The quantitative estimate of drug-likeness (QED) is 0.788. The average Bonchev–Trinajstić information content (AvgIpc) is 2.70. The highest BCUT2D eigenvalue weighted by atomic mass is 16.2. The van der Waals surface area contributed by atoms with Gasteiger partial charge in [-0.3, -0.25) is 9.88 Å². The molecule has 0 atom stereocenters. The second-order valence-electron chi connectivity index (χ2n) is 6.55. The van der Waals surface area contributed by atoms with Gasteiger partial charge in [-0.25, -0.2) is 4.79 Å². The molecule has 26 heavy (non-hydrogen) atoms. The summed E-state index contributed by atoms with van der Waals surface area (Å²) < 4.78 is 0. The van der Waals surface area contributed by atoms with Gasteiger partial charge in [-0.2, -0.15) is 0 Å². The summed E-state index contributed by atoms with van der Waals surface area (Å²) in [4.78, 5) is 21.1. The number of nitrogens with one attached hydrogen (secondary N) is 1. The van der Waals surface area contributed by atoms with E-state index in [4.69, 9.17) is 0 Å². The zero-order valence-corrected chi connectivity index (χ0v) is 14.6. The first-order valence-corrected chi connectivity index (χ1v) is 8.95. The molecule has 1 saturated heterocycles. The molecule has 1 aliphatic rings. The predicted octanol–water partition coefficient (Wildman–Crippen LogP) is 3.58. The number of nitrogens with zero attached hydrogens (tertiary/aromatic N) is 3. The highest BCUT2D eigenvalue weighted by Crippen LogP contribution is 2.19. The molecule has 5 heteroatoms. The summed E-state index contributed by atoms with van der Waals surface area (Å²) >= 11 is 0. The summed E-state index contributed by atoms with van der Waals surface area (Å²) in [6.45, 7) is 4.11. The molecular formula is C21H22N4O. The fraction of sp³-hybridized carbons (Fsp3) is 0.238. The maximum atomic E-state index is 12.4. The molecule has 4 rings (SSSR count). The van der Waals surface area contributed by atoms with Gasteiger partial charge in [0.15, 0.2) is 0 Å². The second-order valence-corrected chi connectivity index (χ2v) is 6.55. The number of rotatable bonds is 3. The standard InChI is InChI=1S/C21H22N4O/c26-21(23-18-6-2-1-3-7-18)25-14-12-24(13-15-25)16-17-10-11-22-20-9-5-4-8-19(17)20/h1-11H,12-16H2,(H,23,26). The van der Waals surface area contributed by atoms with Crippen LogP contribution in [-0.4, -0.2) is 47.0 Å². The van der Waals surface area contributed by atoms with Crippen LogP contribution in [0, 0.1) is 0 Å². The Labute approximate surface area is 153 Å². The minimum absolute atomic E-state index is 0.0230. The van der Waals surface area contributed by atoms with Gasteiger partial charge in [-0.1, -0.05) is 36.4 Å². The van der Waals surface area contributed by atoms with Gasteiger partial charge in [0.2, 0.25) is 0 Å². The largest absolute Gasteiger partial charge is 0.322 e. The van der Waals surface area contributed by atoms with E-state index < -0.39 is 0 Å². The fourth-order valence-corrected chi connectivity index (χ4v) is 3.37. The molecule has 1 N–H and O–H groups in total. The summed E-state index contributed by atoms with van der Waals surface area (Å²) in [5.41, 5.74) is 3.16. The third-order valence-electron chi connectivity index (χ3n) is 4.82. The van der Waals surface area contributed by atoms with Gasteiger partial charge in [0.05, 0.1) is 5.52 Å². The molecule has 2 amide bonds. The lowest BCUT2D eigenvalue weighted by atomic mass is 10.1. The minimum Gasteiger partial charge on any atom is -0.322 e. The fourth-order valence-electron chi connectivity index (χ4n) is 3.37. The lowest BCUT2D eigenvalue weighted by Crippen LogP contribution is -2.49. The van der Waals surface area contributed by atoms with Crippen molar-refractivity contribution in [1.82, 2.24) is 14.8 Å². The lowest BCUT2D eigenvalue weighted by Gasteiger charge is -2.34. The Balaban J connectivity index is 1.35. The number of piperazine rings is 1. The second kappa shape index (κ2) is 7.54. The van der Waals surface area contributed by atoms with E-state index >= 15 is 0 Å². The van der Waals surface area contributed by atoms with Gasteiger partial charge >= 0.3 is 6.03 Å². The van der Waals surface area contributed by atoms with Gasteiger partial charge in [-0.05, 0) is 29.8 Å². The van der Waals surface area contributed by atoms with Gasteiger partial charge in [0, 0.05) is 50.0 Å². The van der Waals surface area contributed by atoms with Crippen molar-refractivity contribution in [2.75, 3.05) is 31.5 Å². The van der Waals surface area contributed by atoms with Crippen molar-refractivity contribution in [3.8, 4) is 0 Å². The molecule has 0 aliphatic carbocycles. The van der Waals surface area contributed by atoms with Crippen LogP contribution < -0.4 is 5.32 Å². The number of carbonyl (C=O) groups excluding carboxylic acids is 1. The highest BCUT2D eigenvalue weighted by molar-refractivity contribution is 5.89. The molecule has 1 aromatic heterocycles. The summed E-state index contributed by atoms with van der Waals surface area (Å²) in [7, 11) is 0. The van der Waals surface area contributed by atoms with E-state index in [9.17, 15) is 4.79 Å². The summed E-state index contributed by atoms with van der Waals surface area (Å²) in [5, 5.41) is 4.17. The van der Waals surface area contributed by atoms with E-state index in [1.165, 1.54) is 10.9 Å². The number of hydrogen-bond acceptors (Lipinski definition) is 3. The van der Waals surface area contributed by atoms with Crippen molar-refractivity contribution >= 4 is 22.6 Å². The number of carbonyl (C=O) groups is 1.